The first kappa shape index (κ1) is 15.6. The van der Waals surface area contributed by atoms with Crippen LogP contribution in [0.15, 0.2) is 48.5 Å². The molecule has 0 amide bonds. The highest BCUT2D eigenvalue weighted by Crippen LogP contribution is 2.47. The fourth-order valence-corrected chi connectivity index (χ4v) is 3.66. The molecule has 2 N–H and O–H groups in total. The maximum atomic E-state index is 10.9. The predicted molar refractivity (Wildman–Crippen MR) is 93.9 cm³/mol. The summed E-state index contributed by atoms with van der Waals surface area (Å²) < 4.78 is 2.00. The molecule has 1 fully saturated rings. The van der Waals surface area contributed by atoms with Crippen LogP contribution in [0, 0.1) is 0 Å². The van der Waals surface area contributed by atoms with Crippen LogP contribution in [0.3, 0.4) is 0 Å². The van der Waals surface area contributed by atoms with Gasteiger partial charge < -0.3 is 15.0 Å². The van der Waals surface area contributed by atoms with Gasteiger partial charge in [0.05, 0.1) is 22.1 Å². The molecule has 0 radical (unpaired) electrons. The van der Waals surface area contributed by atoms with E-state index in [0.29, 0.717) is 0 Å². The lowest BCUT2D eigenvalue weighted by Gasteiger charge is -2.37. The van der Waals surface area contributed by atoms with E-state index in [1.54, 1.807) is 0 Å². The molecule has 3 aromatic rings. The summed E-state index contributed by atoms with van der Waals surface area (Å²) in [5, 5.41) is 26.6. The molecule has 1 saturated heterocycles. The maximum Gasteiger partial charge on any atom is 0.189 e. The molecule has 1 aromatic heterocycles. The van der Waals surface area contributed by atoms with Crippen molar-refractivity contribution in [2.24, 2.45) is 0 Å². The van der Waals surface area contributed by atoms with Crippen molar-refractivity contribution in [3.8, 4) is 0 Å². The van der Waals surface area contributed by atoms with Gasteiger partial charge in [-0.2, -0.15) is 0 Å². The zero-order valence-corrected chi connectivity index (χ0v) is 14.4. The van der Waals surface area contributed by atoms with Gasteiger partial charge in [-0.05, 0) is 39.8 Å². The van der Waals surface area contributed by atoms with Gasteiger partial charge in [0.25, 0.3) is 0 Å². The number of nitrogens with zero attached hydrogens (tertiary/aromatic N) is 3. The number of fused-ring (bicyclic) bond motifs is 3. The lowest BCUT2D eigenvalue weighted by atomic mass is 9.84. The Morgan fingerprint density at radius 2 is 1.08 bits per heavy atom. The standard InChI is InChI=1S/C19H23N3O2/c1-18(2)19(3,4)22(24)17(21(18)23)20-15-11-7-5-9-13(15)14-10-6-8-12-16(14)20/h5-12,17,23-24H,1-4H3. The fraction of sp³-hybridized carbons (Fsp3) is 0.368. The molecule has 126 valence electrons. The summed E-state index contributed by atoms with van der Waals surface area (Å²) >= 11 is 0. The van der Waals surface area contributed by atoms with Crippen molar-refractivity contribution in [3.05, 3.63) is 48.5 Å². The van der Waals surface area contributed by atoms with Crippen molar-refractivity contribution in [2.75, 3.05) is 0 Å². The summed E-state index contributed by atoms with van der Waals surface area (Å²) in [5.41, 5.74) is 0.711. The van der Waals surface area contributed by atoms with Crippen LogP contribution >= 0.6 is 0 Å². The Kier molecular flexibility index (Phi) is 3.12. The minimum absolute atomic E-state index is 0.626. The van der Waals surface area contributed by atoms with Crippen LogP contribution in [0.2, 0.25) is 0 Å². The summed E-state index contributed by atoms with van der Waals surface area (Å²) in [6, 6.07) is 16.2. The third kappa shape index (κ3) is 1.73. The molecule has 0 unspecified atom stereocenters. The molecule has 2 heterocycles. The molecule has 0 saturated carbocycles. The van der Waals surface area contributed by atoms with Gasteiger partial charge in [0, 0.05) is 10.8 Å². The van der Waals surface area contributed by atoms with Crippen LogP contribution in [-0.2, 0) is 0 Å². The van der Waals surface area contributed by atoms with Crippen LogP contribution < -0.4 is 0 Å². The van der Waals surface area contributed by atoms with E-state index in [4.69, 9.17) is 0 Å². The van der Waals surface area contributed by atoms with Crippen molar-refractivity contribution in [3.63, 3.8) is 0 Å². The van der Waals surface area contributed by atoms with E-state index in [0.717, 1.165) is 21.8 Å². The Morgan fingerprint density at radius 1 is 0.708 bits per heavy atom. The molecule has 5 heteroatoms. The van der Waals surface area contributed by atoms with E-state index in [-0.39, 0.29) is 0 Å². The van der Waals surface area contributed by atoms with Gasteiger partial charge in [0.15, 0.2) is 6.29 Å². The van der Waals surface area contributed by atoms with Gasteiger partial charge in [0.1, 0.15) is 0 Å². The van der Waals surface area contributed by atoms with Crippen molar-refractivity contribution < 1.29 is 10.4 Å². The molecule has 2 aromatic carbocycles. The normalized spacial score (nSPS) is 21.9. The Bertz CT molecular complexity index is 855. The number of aromatic nitrogens is 1. The Labute approximate surface area is 141 Å². The maximum absolute atomic E-state index is 10.9. The van der Waals surface area contributed by atoms with Crippen LogP contribution in [0.4, 0.5) is 0 Å². The molecule has 0 bridgehead atoms. The van der Waals surface area contributed by atoms with E-state index < -0.39 is 17.4 Å². The second-order valence-electron chi connectivity index (χ2n) is 7.56. The topological polar surface area (TPSA) is 51.9 Å². The second kappa shape index (κ2) is 4.80. The zero-order chi connectivity index (χ0) is 17.3. The van der Waals surface area contributed by atoms with Gasteiger partial charge in [-0.1, -0.05) is 36.4 Å². The summed E-state index contributed by atoms with van der Waals surface area (Å²) in [7, 11) is 0. The van der Waals surface area contributed by atoms with Crippen LogP contribution in [0.25, 0.3) is 21.8 Å². The van der Waals surface area contributed by atoms with Crippen LogP contribution in [-0.4, -0.2) is 36.2 Å². The number of rotatable bonds is 1. The lowest BCUT2D eigenvalue weighted by Crippen LogP contribution is -2.52. The predicted octanol–water partition coefficient (Wildman–Crippen LogP) is 4.20. The number of benzene rings is 2. The summed E-state index contributed by atoms with van der Waals surface area (Å²) in [5.74, 6) is 0. The molecular formula is C19H23N3O2. The van der Waals surface area contributed by atoms with Crippen LogP contribution in [0.1, 0.15) is 34.0 Å². The average molecular weight is 325 g/mol. The second-order valence-corrected chi connectivity index (χ2v) is 7.56. The number of hydrogen-bond donors (Lipinski definition) is 2. The summed E-state index contributed by atoms with van der Waals surface area (Å²) in [6.45, 7) is 7.74. The Hall–Kier alpha value is -1.92. The first-order valence-corrected chi connectivity index (χ1v) is 8.22. The summed E-state index contributed by atoms with van der Waals surface area (Å²) in [4.78, 5) is 0. The van der Waals surface area contributed by atoms with E-state index in [1.165, 1.54) is 10.1 Å². The van der Waals surface area contributed by atoms with Crippen molar-refractivity contribution in [1.29, 1.82) is 0 Å². The molecule has 1 aliphatic rings. The highest BCUT2D eigenvalue weighted by atomic mass is 16.6. The molecule has 0 aliphatic carbocycles. The van der Waals surface area contributed by atoms with Gasteiger partial charge in [0.2, 0.25) is 0 Å². The zero-order valence-electron chi connectivity index (χ0n) is 14.4. The van der Waals surface area contributed by atoms with Crippen molar-refractivity contribution in [2.45, 2.75) is 45.1 Å². The monoisotopic (exact) mass is 325 g/mol. The molecule has 4 rings (SSSR count). The minimum atomic E-state index is -0.695. The van der Waals surface area contributed by atoms with Gasteiger partial charge >= 0.3 is 0 Å². The SMILES string of the molecule is CC1(C)N(O)C(n2c3ccccc3c3ccccc32)N(O)C1(C)C. The Balaban J connectivity index is 2.06. The van der Waals surface area contributed by atoms with Crippen molar-refractivity contribution in [1.82, 2.24) is 14.7 Å². The highest BCUT2D eigenvalue weighted by molar-refractivity contribution is 6.08. The van der Waals surface area contributed by atoms with E-state index in [1.807, 2.05) is 68.7 Å². The van der Waals surface area contributed by atoms with Gasteiger partial charge in [-0.3, -0.25) is 0 Å². The van der Waals surface area contributed by atoms with Crippen molar-refractivity contribution >= 4 is 21.8 Å². The molecule has 0 atom stereocenters. The number of para-hydroxylation sites is 2. The van der Waals surface area contributed by atoms with Gasteiger partial charge in [-0.25, -0.2) is 0 Å². The third-order valence-electron chi connectivity index (χ3n) is 5.93. The third-order valence-corrected chi connectivity index (χ3v) is 5.93. The first-order chi connectivity index (χ1) is 11.3. The van der Waals surface area contributed by atoms with Crippen LogP contribution in [0.5, 0.6) is 0 Å². The fourth-order valence-electron chi connectivity index (χ4n) is 3.66. The molecule has 5 nitrogen and oxygen atoms in total. The summed E-state index contributed by atoms with van der Waals surface area (Å²) in [6.07, 6.45) is -0.695. The quantitative estimate of drug-likeness (QED) is 0.704. The van der Waals surface area contributed by atoms with E-state index >= 15 is 0 Å². The average Bonchev–Trinajstić information content (AvgIpc) is 2.94. The minimum Gasteiger partial charge on any atom is -0.310 e. The smallest absolute Gasteiger partial charge is 0.189 e. The Morgan fingerprint density at radius 3 is 1.50 bits per heavy atom. The highest BCUT2D eigenvalue weighted by Gasteiger charge is 2.59. The molecular weight excluding hydrogens is 302 g/mol. The van der Waals surface area contributed by atoms with Gasteiger partial charge in [-0.15, -0.1) is 10.1 Å². The first-order valence-electron chi connectivity index (χ1n) is 8.22. The largest absolute Gasteiger partial charge is 0.310 e. The molecule has 24 heavy (non-hydrogen) atoms. The number of hydroxylamine groups is 4. The molecule has 0 spiro atoms. The van der Waals surface area contributed by atoms with E-state index in [2.05, 4.69) is 12.1 Å². The van der Waals surface area contributed by atoms with E-state index in [9.17, 15) is 10.4 Å². The number of hydrogen-bond acceptors (Lipinski definition) is 4. The molecule has 1 aliphatic heterocycles. The lowest BCUT2D eigenvalue weighted by molar-refractivity contribution is -0.247.